The zero-order valence-corrected chi connectivity index (χ0v) is 8.32. The van der Waals surface area contributed by atoms with Crippen LogP contribution in [-0.4, -0.2) is 60.9 Å². The lowest BCUT2D eigenvalue weighted by molar-refractivity contribution is -0.126. The maximum atomic E-state index is 11.4. The van der Waals surface area contributed by atoms with Crippen LogP contribution in [-0.2, 0) is 9.59 Å². The molecule has 2 fully saturated rings. The van der Waals surface area contributed by atoms with Crippen molar-refractivity contribution >= 4 is 11.8 Å². The number of rotatable bonds is 1. The SMILES string of the molecule is CN1CCN([C@H]2CC(=O)NC2=O)CC1. The van der Waals surface area contributed by atoms with Crippen LogP contribution in [0.5, 0.6) is 0 Å². The molecular weight excluding hydrogens is 182 g/mol. The number of imide groups is 1. The van der Waals surface area contributed by atoms with Gasteiger partial charge in [0.15, 0.2) is 0 Å². The van der Waals surface area contributed by atoms with Crippen LogP contribution >= 0.6 is 0 Å². The second-order valence-corrected chi connectivity index (χ2v) is 3.97. The Bertz CT molecular complexity index is 259. The van der Waals surface area contributed by atoms with Crippen LogP contribution in [0.3, 0.4) is 0 Å². The molecule has 2 heterocycles. The topological polar surface area (TPSA) is 52.6 Å². The minimum absolute atomic E-state index is 0.125. The molecule has 2 amide bonds. The molecule has 2 aliphatic rings. The van der Waals surface area contributed by atoms with Gasteiger partial charge in [-0.15, -0.1) is 0 Å². The molecule has 1 N–H and O–H groups in total. The summed E-state index contributed by atoms with van der Waals surface area (Å²) < 4.78 is 0. The summed E-state index contributed by atoms with van der Waals surface area (Å²) in [6.07, 6.45) is 0.336. The Morgan fingerprint density at radius 1 is 1.21 bits per heavy atom. The summed E-state index contributed by atoms with van der Waals surface area (Å²) in [6.45, 7) is 3.69. The van der Waals surface area contributed by atoms with E-state index in [4.69, 9.17) is 0 Å². The van der Waals surface area contributed by atoms with Crippen LogP contribution in [0.2, 0.25) is 0 Å². The highest BCUT2D eigenvalue weighted by Crippen LogP contribution is 2.12. The lowest BCUT2D eigenvalue weighted by Gasteiger charge is -2.34. The summed E-state index contributed by atoms with van der Waals surface area (Å²) >= 11 is 0. The molecule has 2 rings (SSSR count). The van der Waals surface area contributed by atoms with E-state index < -0.39 is 0 Å². The van der Waals surface area contributed by atoms with Gasteiger partial charge >= 0.3 is 0 Å². The fourth-order valence-corrected chi connectivity index (χ4v) is 1.97. The second-order valence-electron chi connectivity index (χ2n) is 3.97. The van der Waals surface area contributed by atoms with Crippen LogP contribution in [0.25, 0.3) is 0 Å². The Balaban J connectivity index is 1.95. The molecule has 0 aromatic carbocycles. The Kier molecular flexibility index (Phi) is 2.52. The molecule has 5 heteroatoms. The molecule has 0 aromatic heterocycles. The van der Waals surface area contributed by atoms with Gasteiger partial charge in [-0.2, -0.15) is 0 Å². The highest BCUT2D eigenvalue weighted by Gasteiger charge is 2.35. The van der Waals surface area contributed by atoms with Crippen LogP contribution in [0.15, 0.2) is 0 Å². The predicted octanol–water partition coefficient (Wildman–Crippen LogP) is -1.35. The third-order valence-corrected chi connectivity index (χ3v) is 2.92. The molecule has 1 atom stereocenters. The van der Waals surface area contributed by atoms with Gasteiger partial charge in [-0.05, 0) is 7.05 Å². The number of likely N-dealkylation sites (N-methyl/N-ethyl adjacent to an activating group) is 1. The van der Waals surface area contributed by atoms with Crippen LogP contribution in [0.4, 0.5) is 0 Å². The normalized spacial score (nSPS) is 30.8. The quantitative estimate of drug-likeness (QED) is 0.528. The van der Waals surface area contributed by atoms with Gasteiger partial charge in [0.05, 0.1) is 12.5 Å². The molecule has 78 valence electrons. The number of hydrogen-bond donors (Lipinski definition) is 1. The summed E-state index contributed by atoms with van der Waals surface area (Å²) in [5, 5.41) is 2.34. The minimum Gasteiger partial charge on any atom is -0.304 e. The van der Waals surface area contributed by atoms with Crippen molar-refractivity contribution in [2.45, 2.75) is 12.5 Å². The van der Waals surface area contributed by atoms with Crippen molar-refractivity contribution in [1.82, 2.24) is 15.1 Å². The van der Waals surface area contributed by atoms with Gasteiger partial charge < -0.3 is 4.90 Å². The Morgan fingerprint density at radius 2 is 1.86 bits per heavy atom. The molecule has 0 radical (unpaired) electrons. The molecule has 2 aliphatic heterocycles. The Hall–Kier alpha value is -0.940. The first kappa shape index (κ1) is 9.61. The van der Waals surface area contributed by atoms with E-state index >= 15 is 0 Å². The molecule has 14 heavy (non-hydrogen) atoms. The van der Waals surface area contributed by atoms with Crippen molar-refractivity contribution < 1.29 is 9.59 Å². The maximum absolute atomic E-state index is 11.4. The van der Waals surface area contributed by atoms with Gasteiger partial charge in [-0.3, -0.25) is 19.8 Å². The molecule has 2 saturated heterocycles. The molecule has 0 unspecified atom stereocenters. The van der Waals surface area contributed by atoms with Gasteiger partial charge in [0, 0.05) is 26.2 Å². The van der Waals surface area contributed by atoms with E-state index in [0.717, 1.165) is 26.2 Å². The van der Waals surface area contributed by atoms with Gasteiger partial charge in [-0.25, -0.2) is 0 Å². The van der Waals surface area contributed by atoms with E-state index in [1.807, 2.05) is 0 Å². The standard InChI is InChI=1S/C9H15N3O2/c1-11-2-4-12(5-3-11)7-6-8(13)10-9(7)14/h7H,2-6H2,1H3,(H,10,13,14)/t7-/m0/s1. The number of nitrogens with one attached hydrogen (secondary N) is 1. The minimum atomic E-state index is -0.212. The lowest BCUT2D eigenvalue weighted by Crippen LogP contribution is -2.51. The van der Waals surface area contributed by atoms with E-state index in [1.165, 1.54) is 0 Å². The summed E-state index contributed by atoms with van der Waals surface area (Å²) in [6, 6.07) is -0.212. The fourth-order valence-electron chi connectivity index (χ4n) is 1.97. The van der Waals surface area contributed by atoms with E-state index in [2.05, 4.69) is 22.2 Å². The average molecular weight is 197 g/mol. The highest BCUT2D eigenvalue weighted by molar-refractivity contribution is 6.05. The number of amides is 2. The van der Waals surface area contributed by atoms with E-state index in [0.29, 0.717) is 6.42 Å². The Morgan fingerprint density at radius 3 is 2.36 bits per heavy atom. The molecule has 0 saturated carbocycles. The number of carbonyl (C=O) groups is 2. The third kappa shape index (κ3) is 1.78. The number of carbonyl (C=O) groups excluding carboxylic acids is 2. The van der Waals surface area contributed by atoms with Crippen molar-refractivity contribution in [1.29, 1.82) is 0 Å². The molecule has 0 bridgehead atoms. The van der Waals surface area contributed by atoms with Crippen molar-refractivity contribution in [3.05, 3.63) is 0 Å². The molecule has 0 spiro atoms. The van der Waals surface area contributed by atoms with Gasteiger partial charge in [0.2, 0.25) is 11.8 Å². The number of hydrogen-bond acceptors (Lipinski definition) is 4. The average Bonchev–Trinajstić information content (AvgIpc) is 2.47. The van der Waals surface area contributed by atoms with Crippen LogP contribution in [0.1, 0.15) is 6.42 Å². The van der Waals surface area contributed by atoms with Crippen LogP contribution in [0, 0.1) is 0 Å². The molecular formula is C9H15N3O2. The van der Waals surface area contributed by atoms with Gasteiger partial charge in [-0.1, -0.05) is 0 Å². The molecule has 0 aliphatic carbocycles. The van der Waals surface area contributed by atoms with Crippen molar-refractivity contribution in [2.24, 2.45) is 0 Å². The van der Waals surface area contributed by atoms with Gasteiger partial charge in [0.25, 0.3) is 0 Å². The summed E-state index contributed by atoms with van der Waals surface area (Å²) in [4.78, 5) is 26.7. The van der Waals surface area contributed by atoms with Crippen molar-refractivity contribution in [3.63, 3.8) is 0 Å². The molecule has 0 aromatic rings. The van der Waals surface area contributed by atoms with E-state index in [-0.39, 0.29) is 17.9 Å². The van der Waals surface area contributed by atoms with Crippen molar-refractivity contribution in [3.8, 4) is 0 Å². The highest BCUT2D eigenvalue weighted by atomic mass is 16.2. The van der Waals surface area contributed by atoms with E-state index in [9.17, 15) is 9.59 Å². The first-order chi connectivity index (χ1) is 6.66. The second kappa shape index (κ2) is 3.67. The summed E-state index contributed by atoms with van der Waals surface area (Å²) in [5.41, 5.74) is 0. The molecule has 5 nitrogen and oxygen atoms in total. The first-order valence-electron chi connectivity index (χ1n) is 4.93. The smallest absolute Gasteiger partial charge is 0.244 e. The Labute approximate surface area is 83.0 Å². The number of nitrogens with zero attached hydrogens (tertiary/aromatic N) is 2. The summed E-state index contributed by atoms with van der Waals surface area (Å²) in [5.74, 6) is -0.265. The third-order valence-electron chi connectivity index (χ3n) is 2.92. The lowest BCUT2D eigenvalue weighted by atomic mass is 10.2. The first-order valence-corrected chi connectivity index (χ1v) is 4.93. The van der Waals surface area contributed by atoms with Crippen LogP contribution < -0.4 is 5.32 Å². The monoisotopic (exact) mass is 197 g/mol. The zero-order valence-electron chi connectivity index (χ0n) is 8.32. The maximum Gasteiger partial charge on any atom is 0.244 e. The summed E-state index contributed by atoms with van der Waals surface area (Å²) in [7, 11) is 2.07. The fraction of sp³-hybridized carbons (Fsp3) is 0.778. The van der Waals surface area contributed by atoms with Gasteiger partial charge in [0.1, 0.15) is 0 Å². The number of piperazine rings is 1. The van der Waals surface area contributed by atoms with E-state index in [1.54, 1.807) is 0 Å². The largest absolute Gasteiger partial charge is 0.304 e. The zero-order chi connectivity index (χ0) is 10.1. The predicted molar refractivity (Wildman–Crippen MR) is 50.6 cm³/mol. The van der Waals surface area contributed by atoms with Crippen molar-refractivity contribution in [2.75, 3.05) is 33.2 Å².